The van der Waals surface area contributed by atoms with E-state index in [0.717, 1.165) is 26.0 Å². The average molecular weight is 487 g/mol. The van der Waals surface area contributed by atoms with Gasteiger partial charge in [-0.25, -0.2) is 9.97 Å². The predicted molar refractivity (Wildman–Crippen MR) is 137 cm³/mol. The molecule has 0 spiro atoms. The molecule has 1 N–H and O–H groups in total. The topological polar surface area (TPSA) is 69.0 Å². The molecular weight excluding hydrogens is 464 g/mol. The van der Waals surface area contributed by atoms with E-state index in [-0.39, 0.29) is 12.3 Å². The molecule has 0 aliphatic rings. The summed E-state index contributed by atoms with van der Waals surface area (Å²) in [5, 5.41) is 5.96. The lowest BCUT2D eigenvalue weighted by molar-refractivity contribution is -0.115. The Balaban J connectivity index is 1.31. The maximum atomic E-state index is 13.1. The van der Waals surface area contributed by atoms with E-state index in [9.17, 15) is 4.79 Å². The van der Waals surface area contributed by atoms with Crippen molar-refractivity contribution in [3.63, 3.8) is 0 Å². The zero-order valence-corrected chi connectivity index (χ0v) is 19.9. The summed E-state index contributed by atoms with van der Waals surface area (Å²) in [4.78, 5) is 24.0. The second-order valence-corrected chi connectivity index (χ2v) is 9.54. The minimum absolute atomic E-state index is 0.105. The summed E-state index contributed by atoms with van der Waals surface area (Å²) in [6.07, 6.45) is 5.62. The molecule has 0 radical (unpaired) electrons. The van der Waals surface area contributed by atoms with Gasteiger partial charge in [0.1, 0.15) is 17.4 Å². The Morgan fingerprint density at radius 2 is 1.88 bits per heavy atom. The van der Waals surface area contributed by atoms with Crippen LogP contribution in [0, 0.1) is 0 Å². The molecule has 170 valence electrons. The highest BCUT2D eigenvalue weighted by Crippen LogP contribution is 2.36. The first-order valence-electron chi connectivity index (χ1n) is 10.8. The van der Waals surface area contributed by atoms with Crippen molar-refractivity contribution < 1.29 is 9.53 Å². The van der Waals surface area contributed by atoms with E-state index in [4.69, 9.17) is 9.72 Å². The molecule has 5 aromatic rings. The van der Waals surface area contributed by atoms with Crippen molar-refractivity contribution in [1.29, 1.82) is 0 Å². The highest BCUT2D eigenvalue weighted by Gasteiger charge is 2.18. The zero-order chi connectivity index (χ0) is 23.2. The van der Waals surface area contributed by atoms with Gasteiger partial charge in [-0.05, 0) is 23.6 Å². The molecule has 3 heterocycles. The number of imidazole rings is 1. The van der Waals surface area contributed by atoms with Gasteiger partial charge < -0.3 is 14.6 Å². The average Bonchev–Trinajstić information content (AvgIpc) is 3.63. The van der Waals surface area contributed by atoms with Crippen LogP contribution in [0.4, 0.5) is 5.69 Å². The fourth-order valence-electron chi connectivity index (χ4n) is 3.50. The molecule has 0 fully saturated rings. The van der Waals surface area contributed by atoms with Crippen LogP contribution in [0.25, 0.3) is 21.1 Å². The van der Waals surface area contributed by atoms with E-state index in [0.29, 0.717) is 24.6 Å². The number of anilines is 1. The first kappa shape index (κ1) is 22.1. The van der Waals surface area contributed by atoms with E-state index in [1.165, 1.54) is 0 Å². The van der Waals surface area contributed by atoms with Crippen molar-refractivity contribution in [2.75, 3.05) is 11.9 Å². The minimum atomic E-state index is -0.105. The van der Waals surface area contributed by atoms with Crippen molar-refractivity contribution >= 4 is 34.3 Å². The number of nitrogens with one attached hydrogen (secondary N) is 1. The number of carbonyl (C=O) groups is 1. The Kier molecular flexibility index (Phi) is 6.78. The molecule has 0 atom stereocenters. The molecule has 6 nitrogen and oxygen atoms in total. The quantitative estimate of drug-likeness (QED) is 0.278. The zero-order valence-electron chi connectivity index (χ0n) is 18.3. The number of carbonyl (C=O) groups excluding carboxylic acids is 1. The fraction of sp³-hybridized carbons (Fsp3) is 0.115. The van der Waals surface area contributed by atoms with Gasteiger partial charge >= 0.3 is 0 Å². The van der Waals surface area contributed by atoms with Gasteiger partial charge in [0, 0.05) is 22.8 Å². The molecule has 5 rings (SSSR count). The lowest BCUT2D eigenvalue weighted by Gasteiger charge is -2.12. The van der Waals surface area contributed by atoms with Crippen LogP contribution in [0.1, 0.15) is 4.88 Å². The molecule has 1 amide bonds. The van der Waals surface area contributed by atoms with Gasteiger partial charge in [-0.3, -0.25) is 4.79 Å². The molecule has 0 saturated carbocycles. The van der Waals surface area contributed by atoms with Crippen LogP contribution in [0.3, 0.4) is 0 Å². The largest absolute Gasteiger partial charge is 0.490 e. The Hall–Kier alpha value is -3.75. The first-order chi connectivity index (χ1) is 16.8. The molecule has 8 heteroatoms. The lowest BCUT2D eigenvalue weighted by atomic mass is 10.2. The molecular formula is C26H22N4O2S2. The number of para-hydroxylation sites is 2. The van der Waals surface area contributed by atoms with Gasteiger partial charge in [0.2, 0.25) is 5.91 Å². The number of hydrogen-bond acceptors (Lipinski definition) is 6. The summed E-state index contributed by atoms with van der Waals surface area (Å²) in [6.45, 7) is 1.15. The van der Waals surface area contributed by atoms with Crippen molar-refractivity contribution in [1.82, 2.24) is 14.5 Å². The predicted octanol–water partition coefficient (Wildman–Crippen LogP) is 6.00. The van der Waals surface area contributed by atoms with Crippen LogP contribution in [-0.2, 0) is 17.8 Å². The Bertz CT molecular complexity index is 1350. The number of benzene rings is 2. The summed E-state index contributed by atoms with van der Waals surface area (Å²) in [5.41, 5.74) is 2.58. The highest BCUT2D eigenvalue weighted by molar-refractivity contribution is 7.17. The smallest absolute Gasteiger partial charge is 0.229 e. The summed E-state index contributed by atoms with van der Waals surface area (Å²) < 4.78 is 7.88. The van der Waals surface area contributed by atoms with Gasteiger partial charge in [-0.2, -0.15) is 0 Å². The van der Waals surface area contributed by atoms with E-state index < -0.39 is 0 Å². The van der Waals surface area contributed by atoms with Crippen LogP contribution in [0.5, 0.6) is 5.75 Å². The van der Waals surface area contributed by atoms with Gasteiger partial charge in [-0.1, -0.05) is 48.5 Å². The van der Waals surface area contributed by atoms with Crippen LogP contribution in [0.2, 0.25) is 0 Å². The molecule has 0 unspecified atom stereocenters. The third kappa shape index (κ3) is 5.24. The third-order valence-corrected chi connectivity index (χ3v) is 7.10. The number of aromatic nitrogens is 3. The standard InChI is InChI=1S/C26H22N4O2S2/c31-24(28-20-9-4-5-10-21(20)32-15-14-30-13-12-27-18-30)17-23-25(22-11-6-16-33-22)29-26(34-23)19-7-2-1-3-8-19/h1-13,16,18H,14-15,17H2,(H,28,31). The number of ether oxygens (including phenoxy) is 1. The Morgan fingerprint density at radius 1 is 1.03 bits per heavy atom. The van der Waals surface area contributed by atoms with Crippen LogP contribution < -0.4 is 10.1 Å². The van der Waals surface area contributed by atoms with E-state index in [1.807, 2.05) is 82.9 Å². The summed E-state index contributed by atoms with van der Waals surface area (Å²) >= 11 is 3.19. The van der Waals surface area contributed by atoms with Crippen molar-refractivity contribution in [2.45, 2.75) is 13.0 Å². The minimum Gasteiger partial charge on any atom is -0.490 e. The highest BCUT2D eigenvalue weighted by atomic mass is 32.1. The number of nitrogens with zero attached hydrogens (tertiary/aromatic N) is 3. The molecule has 34 heavy (non-hydrogen) atoms. The molecule has 0 aliphatic heterocycles. The number of hydrogen-bond donors (Lipinski definition) is 1. The van der Waals surface area contributed by atoms with Crippen LogP contribution >= 0.6 is 22.7 Å². The third-order valence-electron chi connectivity index (χ3n) is 5.12. The number of amides is 1. The lowest BCUT2D eigenvalue weighted by Crippen LogP contribution is -2.15. The van der Waals surface area contributed by atoms with Crippen molar-refractivity contribution in [3.8, 4) is 26.9 Å². The van der Waals surface area contributed by atoms with Gasteiger partial charge in [0.25, 0.3) is 0 Å². The second kappa shape index (κ2) is 10.5. The van der Waals surface area contributed by atoms with Crippen molar-refractivity contribution in [2.24, 2.45) is 0 Å². The molecule has 0 aliphatic carbocycles. The SMILES string of the molecule is O=C(Cc1sc(-c2ccccc2)nc1-c1cccs1)Nc1ccccc1OCCn1ccnc1. The van der Waals surface area contributed by atoms with Crippen LogP contribution in [0.15, 0.2) is 90.8 Å². The van der Waals surface area contributed by atoms with E-state index >= 15 is 0 Å². The van der Waals surface area contributed by atoms with E-state index in [2.05, 4.69) is 10.3 Å². The molecule has 2 aromatic carbocycles. The van der Waals surface area contributed by atoms with E-state index in [1.54, 1.807) is 35.2 Å². The fourth-order valence-corrected chi connectivity index (χ4v) is 5.38. The van der Waals surface area contributed by atoms with Gasteiger partial charge in [-0.15, -0.1) is 22.7 Å². The molecule has 3 aromatic heterocycles. The maximum absolute atomic E-state index is 13.1. The van der Waals surface area contributed by atoms with Crippen LogP contribution in [-0.4, -0.2) is 27.0 Å². The summed E-state index contributed by atoms with van der Waals surface area (Å²) in [6, 6.07) is 21.6. The number of rotatable bonds is 9. The monoisotopic (exact) mass is 486 g/mol. The molecule has 0 saturated heterocycles. The van der Waals surface area contributed by atoms with Gasteiger partial charge in [0.15, 0.2) is 0 Å². The summed E-state index contributed by atoms with van der Waals surface area (Å²) in [7, 11) is 0. The first-order valence-corrected chi connectivity index (χ1v) is 12.5. The number of thiazole rings is 1. The normalized spacial score (nSPS) is 10.8. The summed E-state index contributed by atoms with van der Waals surface area (Å²) in [5.74, 6) is 0.537. The van der Waals surface area contributed by atoms with Crippen molar-refractivity contribution in [3.05, 3.63) is 95.7 Å². The van der Waals surface area contributed by atoms with Gasteiger partial charge in [0.05, 0.1) is 35.6 Å². The molecule has 0 bridgehead atoms. The number of thiophene rings is 1. The maximum Gasteiger partial charge on any atom is 0.229 e. The second-order valence-electron chi connectivity index (χ2n) is 7.50. The Labute approximate surface area is 205 Å². The Morgan fingerprint density at radius 3 is 2.68 bits per heavy atom.